The van der Waals surface area contributed by atoms with E-state index in [0.717, 1.165) is 0 Å². The van der Waals surface area contributed by atoms with E-state index in [0.29, 0.717) is 48.5 Å². The van der Waals surface area contributed by atoms with Crippen LogP contribution in [0.2, 0.25) is 0 Å². The SMILES string of the molecule is C=C(F)C(=O)Oc1ccc(C(c2ccc(OC(=O)C(=C)F)cc2)(C(F)(F)F)C(F)(F)F)cc1. The highest BCUT2D eigenvalue weighted by Crippen LogP contribution is 2.56. The van der Waals surface area contributed by atoms with E-state index in [2.05, 4.69) is 22.6 Å². The predicted molar refractivity (Wildman–Crippen MR) is 97.5 cm³/mol. The lowest BCUT2D eigenvalue weighted by molar-refractivity contribution is -0.288. The van der Waals surface area contributed by atoms with E-state index in [9.17, 15) is 44.7 Å². The van der Waals surface area contributed by atoms with Crippen LogP contribution in [-0.4, -0.2) is 24.3 Å². The van der Waals surface area contributed by atoms with E-state index in [4.69, 9.17) is 0 Å². The summed E-state index contributed by atoms with van der Waals surface area (Å²) in [7, 11) is 0. The zero-order valence-electron chi connectivity index (χ0n) is 16.2. The Labute approximate surface area is 180 Å². The minimum Gasteiger partial charge on any atom is -0.421 e. The van der Waals surface area contributed by atoms with Gasteiger partial charge in [-0.2, -0.15) is 35.1 Å². The molecule has 0 heterocycles. The highest BCUT2D eigenvalue weighted by Gasteiger charge is 2.72. The van der Waals surface area contributed by atoms with Gasteiger partial charge in [-0.3, -0.25) is 0 Å². The molecule has 0 bridgehead atoms. The number of carbonyl (C=O) groups is 2. The molecule has 176 valence electrons. The quantitative estimate of drug-likeness (QED) is 0.225. The summed E-state index contributed by atoms with van der Waals surface area (Å²) in [5.74, 6) is -7.29. The summed E-state index contributed by atoms with van der Waals surface area (Å²) >= 11 is 0. The number of benzene rings is 2. The van der Waals surface area contributed by atoms with Crippen LogP contribution in [0.4, 0.5) is 35.1 Å². The molecule has 0 N–H and O–H groups in total. The van der Waals surface area contributed by atoms with Crippen LogP contribution in [0.3, 0.4) is 0 Å². The van der Waals surface area contributed by atoms with Gasteiger partial charge in [0.2, 0.25) is 17.1 Å². The first-order chi connectivity index (χ1) is 15.1. The van der Waals surface area contributed by atoms with Crippen LogP contribution >= 0.6 is 0 Å². The van der Waals surface area contributed by atoms with Gasteiger partial charge in [0, 0.05) is 0 Å². The van der Waals surface area contributed by atoms with Gasteiger partial charge in [-0.1, -0.05) is 37.4 Å². The normalized spacial score (nSPS) is 12.1. The summed E-state index contributed by atoms with van der Waals surface area (Å²) in [5.41, 5.74) is -7.16. The van der Waals surface area contributed by atoms with Gasteiger partial charge in [-0.15, -0.1) is 0 Å². The standard InChI is InChI=1S/C21H12F8O4/c1-11(22)17(30)32-15-7-3-13(4-8-15)19(20(24,25)26,21(27,28)29)14-5-9-16(10-6-14)33-18(31)12(2)23/h3-10H,1-2H2. The molecule has 0 radical (unpaired) electrons. The van der Waals surface area contributed by atoms with Crippen molar-refractivity contribution in [2.24, 2.45) is 0 Å². The second-order valence-electron chi connectivity index (χ2n) is 6.38. The van der Waals surface area contributed by atoms with E-state index in [-0.39, 0.29) is 0 Å². The Morgan fingerprint density at radius 3 is 1.09 bits per heavy atom. The Balaban J connectivity index is 2.62. The highest BCUT2D eigenvalue weighted by molar-refractivity contribution is 5.87. The molecule has 0 fully saturated rings. The maximum Gasteiger partial charge on any atom is 0.411 e. The Kier molecular flexibility index (Phi) is 7.00. The third-order valence-electron chi connectivity index (χ3n) is 4.29. The average Bonchev–Trinajstić information content (AvgIpc) is 2.68. The summed E-state index contributed by atoms with van der Waals surface area (Å²) < 4.78 is 119. The van der Waals surface area contributed by atoms with Gasteiger partial charge in [0.05, 0.1) is 0 Å². The molecule has 0 saturated heterocycles. The highest BCUT2D eigenvalue weighted by atomic mass is 19.4. The maximum absolute atomic E-state index is 14.1. The number of halogens is 8. The first kappa shape index (κ1) is 25.6. The molecule has 0 atom stereocenters. The number of esters is 2. The second-order valence-corrected chi connectivity index (χ2v) is 6.38. The average molecular weight is 480 g/mol. The van der Waals surface area contributed by atoms with Crippen molar-refractivity contribution >= 4 is 11.9 Å². The van der Waals surface area contributed by atoms with Crippen LogP contribution in [0, 0.1) is 0 Å². The van der Waals surface area contributed by atoms with Gasteiger partial charge in [-0.25, -0.2) is 9.59 Å². The minimum atomic E-state index is -5.93. The van der Waals surface area contributed by atoms with Gasteiger partial charge in [0.15, 0.2) is 0 Å². The van der Waals surface area contributed by atoms with Crippen molar-refractivity contribution in [1.82, 2.24) is 0 Å². The van der Waals surface area contributed by atoms with Crippen molar-refractivity contribution in [2.75, 3.05) is 0 Å². The number of hydrogen-bond donors (Lipinski definition) is 0. The maximum atomic E-state index is 14.1. The molecule has 0 spiro atoms. The van der Waals surface area contributed by atoms with Crippen LogP contribution in [0.1, 0.15) is 11.1 Å². The molecule has 0 unspecified atom stereocenters. The third-order valence-corrected chi connectivity index (χ3v) is 4.29. The van der Waals surface area contributed by atoms with E-state index < -0.39 is 64.0 Å². The Bertz CT molecular complexity index is 980. The summed E-state index contributed by atoms with van der Waals surface area (Å²) in [6.07, 6.45) is -11.9. The van der Waals surface area contributed by atoms with Gasteiger partial charge >= 0.3 is 24.3 Å². The molecule has 2 aromatic carbocycles. The topological polar surface area (TPSA) is 52.6 Å². The fourth-order valence-corrected chi connectivity index (χ4v) is 2.85. The Morgan fingerprint density at radius 1 is 0.606 bits per heavy atom. The van der Waals surface area contributed by atoms with Gasteiger partial charge in [0.25, 0.3) is 0 Å². The molecular weight excluding hydrogens is 468 g/mol. The summed E-state index contributed by atoms with van der Waals surface area (Å²) in [6.45, 7) is 5.30. The van der Waals surface area contributed by atoms with Crippen molar-refractivity contribution in [3.8, 4) is 11.5 Å². The lowest BCUT2D eigenvalue weighted by atomic mass is 9.73. The molecule has 33 heavy (non-hydrogen) atoms. The van der Waals surface area contributed by atoms with Gasteiger partial charge in [-0.05, 0) is 35.4 Å². The van der Waals surface area contributed by atoms with Crippen molar-refractivity contribution < 1.29 is 54.2 Å². The molecule has 0 aliphatic carbocycles. The van der Waals surface area contributed by atoms with E-state index in [1.165, 1.54) is 0 Å². The number of alkyl halides is 6. The zero-order valence-corrected chi connectivity index (χ0v) is 16.2. The van der Waals surface area contributed by atoms with Crippen LogP contribution < -0.4 is 9.47 Å². The first-order valence-electron chi connectivity index (χ1n) is 8.59. The Morgan fingerprint density at radius 2 is 0.879 bits per heavy atom. The fourth-order valence-electron chi connectivity index (χ4n) is 2.85. The molecule has 0 saturated carbocycles. The molecule has 0 aliphatic heterocycles. The van der Waals surface area contributed by atoms with E-state index in [1.54, 1.807) is 0 Å². The molecule has 12 heteroatoms. The van der Waals surface area contributed by atoms with Gasteiger partial charge in [0.1, 0.15) is 11.5 Å². The molecule has 0 amide bonds. The molecule has 2 rings (SSSR count). The van der Waals surface area contributed by atoms with Gasteiger partial charge < -0.3 is 9.47 Å². The van der Waals surface area contributed by atoms with Crippen molar-refractivity contribution in [3.63, 3.8) is 0 Å². The van der Waals surface area contributed by atoms with E-state index in [1.807, 2.05) is 0 Å². The van der Waals surface area contributed by atoms with Crippen molar-refractivity contribution in [3.05, 3.63) is 84.5 Å². The number of ether oxygens (including phenoxy) is 2. The monoisotopic (exact) mass is 480 g/mol. The third kappa shape index (κ3) is 5.04. The minimum absolute atomic E-state index is 0.408. The smallest absolute Gasteiger partial charge is 0.411 e. The number of rotatable bonds is 6. The first-order valence-corrected chi connectivity index (χ1v) is 8.59. The predicted octanol–water partition coefficient (Wildman–Crippen LogP) is 5.87. The number of hydrogen-bond acceptors (Lipinski definition) is 4. The largest absolute Gasteiger partial charge is 0.421 e. The van der Waals surface area contributed by atoms with Crippen LogP contribution in [0.25, 0.3) is 0 Å². The molecule has 2 aromatic rings. The number of carbonyl (C=O) groups excluding carboxylic acids is 2. The van der Waals surface area contributed by atoms with Crippen molar-refractivity contribution in [2.45, 2.75) is 17.8 Å². The van der Waals surface area contributed by atoms with Crippen LogP contribution in [0.5, 0.6) is 11.5 Å². The lowest BCUT2D eigenvalue weighted by Gasteiger charge is -2.38. The zero-order chi connectivity index (χ0) is 25.2. The van der Waals surface area contributed by atoms with Crippen LogP contribution in [0.15, 0.2) is 73.3 Å². The van der Waals surface area contributed by atoms with Crippen molar-refractivity contribution in [1.29, 1.82) is 0 Å². The fraction of sp³-hybridized carbons (Fsp3) is 0.143. The summed E-state index contributed by atoms with van der Waals surface area (Å²) in [6, 6.07) is 4.10. The Hall–Kier alpha value is -3.70. The van der Waals surface area contributed by atoms with Crippen LogP contribution in [-0.2, 0) is 15.0 Å². The molecular formula is C21H12F8O4. The molecule has 0 aliphatic rings. The molecule has 0 aromatic heterocycles. The molecule has 4 nitrogen and oxygen atoms in total. The lowest BCUT2D eigenvalue weighted by Crippen LogP contribution is -2.54. The summed E-state index contributed by atoms with van der Waals surface area (Å²) in [5, 5.41) is 0. The van der Waals surface area contributed by atoms with E-state index >= 15 is 0 Å². The second kappa shape index (κ2) is 9.04. The summed E-state index contributed by atoms with van der Waals surface area (Å²) in [4.78, 5) is 22.3.